The Labute approximate surface area is 467 Å². The van der Waals surface area contributed by atoms with E-state index in [-0.39, 0.29) is 82.1 Å². The van der Waals surface area contributed by atoms with Crippen molar-refractivity contribution in [3.8, 4) is 5.75 Å². The molecule has 4 aliphatic rings. The van der Waals surface area contributed by atoms with Crippen LogP contribution in [0.15, 0.2) is 30.8 Å². The molecule has 12 atom stereocenters. The van der Waals surface area contributed by atoms with Crippen LogP contribution >= 0.6 is 0 Å². The molecule has 5 rings (SSSR count). The van der Waals surface area contributed by atoms with E-state index in [1.807, 2.05) is 46.6 Å². The molecule has 16 nitrogen and oxygen atoms in total. The number of likely N-dealkylation sites (N-methyl/N-ethyl adjacent to an activating group) is 1. The maximum Gasteiger partial charge on any atom is 0.273 e. The highest BCUT2D eigenvalue weighted by Gasteiger charge is 2.60. The molecule has 1 saturated carbocycles. The van der Waals surface area contributed by atoms with Gasteiger partial charge in [0.15, 0.2) is 5.78 Å². The molecule has 0 radical (unpaired) electrons. The summed E-state index contributed by atoms with van der Waals surface area (Å²) >= 11 is 0. The number of nitrogens with zero attached hydrogens (tertiary/aromatic N) is 4. The van der Waals surface area contributed by atoms with E-state index in [0.717, 1.165) is 70.6 Å². The number of ether oxygens (including phenoxy) is 1. The maximum atomic E-state index is 14.7. The number of amides is 6. The fraction of sp³-hybridized carbons (Fsp3) is 0.758. The Hall–Kier alpha value is -4.67. The second-order valence-electron chi connectivity index (χ2n) is 24.3. The van der Waals surface area contributed by atoms with Crippen molar-refractivity contribution in [1.29, 1.82) is 0 Å². The number of hydrogen-bond donors (Lipinski definition) is 3. The third-order valence-corrected chi connectivity index (χ3v) is 18.4. The molecule has 3 saturated heterocycles. The van der Waals surface area contributed by atoms with Crippen molar-refractivity contribution in [2.45, 2.75) is 202 Å². The highest BCUT2D eigenvalue weighted by atomic mass is 16.7. The molecule has 3 aliphatic heterocycles. The number of hydroxylamine groups is 2. The standard InChI is InChI=1S/C62H100N6O10/c1-14-24-47-37-52(71)67(60(47)75)31-20-18-17-19-30-65(12)55(40(6)7)59(74)63-53(39(4)5)56(72)45(16-3)36-48-38-62(48,41(8)15-2)42(9)35-51(70)66-32-23-25-50(66)57(77-13)44(11)58(73)64-54(61(76)68-33-21-22-34-78-68)43(10)46-26-28-49(69)29-27-46/h26-29,39-42,44-45,47-48,50,53-55,57,69H,10,14-25,30-38H2,1-9,11-13H3,(H,63,74)(H,64,73)/t41-,42+,44+,45?,47?,48?,50-,53-,54-,55-,57+,62+/m0/s1. The van der Waals surface area contributed by atoms with Gasteiger partial charge in [0, 0.05) is 51.4 Å². The summed E-state index contributed by atoms with van der Waals surface area (Å²) in [6.07, 6.45) is 11.3. The first-order valence-electron chi connectivity index (χ1n) is 30.0. The summed E-state index contributed by atoms with van der Waals surface area (Å²) in [5.41, 5.74) is 0.804. The monoisotopic (exact) mass is 1090 g/mol. The number of unbranched alkanes of at least 4 members (excludes halogenated alkanes) is 3. The topological polar surface area (TPSA) is 195 Å². The van der Waals surface area contributed by atoms with Gasteiger partial charge in [-0.2, -0.15) is 0 Å². The van der Waals surface area contributed by atoms with Gasteiger partial charge in [0.1, 0.15) is 11.8 Å². The number of aromatic hydroxyl groups is 1. The number of benzene rings is 1. The lowest BCUT2D eigenvalue weighted by molar-refractivity contribution is -0.198. The van der Waals surface area contributed by atoms with Crippen molar-refractivity contribution in [2.75, 3.05) is 46.9 Å². The molecule has 6 amide bonds. The van der Waals surface area contributed by atoms with E-state index in [9.17, 15) is 38.7 Å². The third-order valence-electron chi connectivity index (χ3n) is 18.4. The van der Waals surface area contributed by atoms with Gasteiger partial charge in [0.05, 0.1) is 36.8 Å². The van der Waals surface area contributed by atoms with E-state index in [0.29, 0.717) is 81.9 Å². The normalized spacial score (nSPS) is 23.7. The lowest BCUT2D eigenvalue weighted by Crippen LogP contribution is -2.55. The molecule has 3 unspecified atom stereocenters. The van der Waals surface area contributed by atoms with E-state index in [1.54, 1.807) is 26.2 Å². The highest BCUT2D eigenvalue weighted by molar-refractivity contribution is 6.03. The Bertz CT molecular complexity index is 2200. The molecule has 0 bridgehead atoms. The first-order chi connectivity index (χ1) is 37.1. The average Bonchev–Trinajstić information content (AvgIpc) is 3.94. The van der Waals surface area contributed by atoms with E-state index in [2.05, 4.69) is 49.8 Å². The van der Waals surface area contributed by atoms with Crippen LogP contribution in [0.5, 0.6) is 5.75 Å². The van der Waals surface area contributed by atoms with Crippen LogP contribution in [0.2, 0.25) is 0 Å². The van der Waals surface area contributed by atoms with Crippen molar-refractivity contribution in [2.24, 2.45) is 52.8 Å². The van der Waals surface area contributed by atoms with Crippen LogP contribution in [0.4, 0.5) is 0 Å². The summed E-state index contributed by atoms with van der Waals surface area (Å²) in [5.74, 6) is -1.61. The van der Waals surface area contributed by atoms with E-state index in [1.165, 1.54) is 22.1 Å². The number of carbonyl (C=O) groups is 7. The molecule has 3 N–H and O–H groups in total. The van der Waals surface area contributed by atoms with Crippen molar-refractivity contribution >= 4 is 46.8 Å². The lowest BCUT2D eigenvalue weighted by Gasteiger charge is -2.37. The first-order valence-corrected chi connectivity index (χ1v) is 30.0. The number of imide groups is 1. The lowest BCUT2D eigenvalue weighted by atomic mass is 9.73. The minimum absolute atomic E-state index is 0.00746. The Balaban J connectivity index is 1.19. The van der Waals surface area contributed by atoms with Gasteiger partial charge in [0.2, 0.25) is 29.5 Å². The zero-order valence-corrected chi connectivity index (χ0v) is 49.8. The number of Topliss-reactive ketones (excluding diaryl/α,β-unsaturated/α-hetero) is 1. The van der Waals surface area contributed by atoms with Crippen molar-refractivity contribution in [1.82, 2.24) is 30.4 Å². The number of phenols is 1. The summed E-state index contributed by atoms with van der Waals surface area (Å²) in [6.45, 7) is 27.3. The van der Waals surface area contributed by atoms with Gasteiger partial charge in [-0.3, -0.25) is 48.2 Å². The van der Waals surface area contributed by atoms with Gasteiger partial charge < -0.3 is 25.4 Å². The van der Waals surface area contributed by atoms with Crippen LogP contribution in [0, 0.1) is 52.8 Å². The van der Waals surface area contributed by atoms with Gasteiger partial charge in [-0.25, -0.2) is 5.06 Å². The number of likely N-dealkylation sites (tertiary alicyclic amines) is 2. The predicted molar refractivity (Wildman–Crippen MR) is 304 cm³/mol. The van der Waals surface area contributed by atoms with Crippen LogP contribution in [0.25, 0.3) is 5.57 Å². The molecule has 4 fully saturated rings. The Morgan fingerprint density at radius 1 is 0.872 bits per heavy atom. The Kier molecular flexibility index (Phi) is 24.4. The zero-order chi connectivity index (χ0) is 57.6. The molecule has 0 aromatic heterocycles. The second-order valence-corrected chi connectivity index (χ2v) is 24.3. The summed E-state index contributed by atoms with van der Waals surface area (Å²) in [4.78, 5) is 108. The third kappa shape index (κ3) is 15.6. The van der Waals surface area contributed by atoms with Crippen molar-refractivity contribution in [3.05, 3.63) is 36.4 Å². The zero-order valence-electron chi connectivity index (χ0n) is 49.8. The number of hydrogen-bond acceptors (Lipinski definition) is 11. The summed E-state index contributed by atoms with van der Waals surface area (Å²) in [5, 5.41) is 17.4. The molecule has 1 aliphatic carbocycles. The molecular weight excluding hydrogens is 989 g/mol. The Morgan fingerprint density at radius 3 is 2.17 bits per heavy atom. The Morgan fingerprint density at radius 2 is 1.56 bits per heavy atom. The number of nitrogens with one attached hydrogen (secondary N) is 2. The van der Waals surface area contributed by atoms with Crippen LogP contribution in [0.3, 0.4) is 0 Å². The van der Waals surface area contributed by atoms with Crippen LogP contribution in [-0.2, 0) is 43.1 Å². The maximum absolute atomic E-state index is 14.7. The number of methoxy groups -OCH3 is 1. The minimum Gasteiger partial charge on any atom is -0.508 e. The molecule has 78 heavy (non-hydrogen) atoms. The highest BCUT2D eigenvalue weighted by Crippen LogP contribution is 2.66. The van der Waals surface area contributed by atoms with Crippen molar-refractivity contribution in [3.63, 3.8) is 0 Å². The van der Waals surface area contributed by atoms with Gasteiger partial charge in [-0.1, -0.05) is 114 Å². The number of phenolic OH excluding ortho intramolecular Hbond substituents is 1. The largest absolute Gasteiger partial charge is 0.508 e. The summed E-state index contributed by atoms with van der Waals surface area (Å²) in [7, 11) is 3.54. The van der Waals surface area contributed by atoms with Gasteiger partial charge >= 0.3 is 0 Å². The molecule has 16 heteroatoms. The SMILES string of the molecule is C=C(c1ccc(O)cc1)[C@H](NC(=O)[C@H](C)[C@@H](OC)[C@@H]1CCCN1C(=O)C[C@@H](C)[C@]1([C@@H](C)CC)CC1CC(CC)C(=O)[C@@H](NC(=O)[C@H](C(C)C)N(C)CCCCCCN1C(=O)CC(CCC)C1=O)C(C)C)C(=O)N1CCCCO1. The summed E-state index contributed by atoms with van der Waals surface area (Å²) in [6, 6.07) is 3.76. The van der Waals surface area contributed by atoms with Crippen LogP contribution < -0.4 is 10.6 Å². The quantitative estimate of drug-likeness (QED) is 0.0460. The number of carbonyl (C=O) groups excluding carboxylic acids is 7. The molecule has 438 valence electrons. The molecule has 3 heterocycles. The predicted octanol–water partition coefficient (Wildman–Crippen LogP) is 8.98. The van der Waals surface area contributed by atoms with Crippen LogP contribution in [-0.4, -0.2) is 143 Å². The minimum atomic E-state index is -1.14. The first kappa shape index (κ1) is 64.2. The number of rotatable bonds is 32. The van der Waals surface area contributed by atoms with Gasteiger partial charge in [0.25, 0.3) is 5.91 Å². The number of ketones is 1. The molecule has 1 aromatic rings. The summed E-state index contributed by atoms with van der Waals surface area (Å²) < 4.78 is 6.10. The van der Waals surface area contributed by atoms with Gasteiger partial charge in [-0.05, 0) is 136 Å². The fourth-order valence-electron chi connectivity index (χ4n) is 13.5. The average molecular weight is 1090 g/mol. The fourth-order valence-corrected chi connectivity index (χ4v) is 13.5. The molecular formula is C62H100N6O10. The molecule has 1 aromatic carbocycles. The molecule has 0 spiro atoms. The smallest absolute Gasteiger partial charge is 0.273 e. The van der Waals surface area contributed by atoms with E-state index in [4.69, 9.17) is 9.57 Å². The van der Waals surface area contributed by atoms with E-state index < -0.39 is 42.0 Å². The van der Waals surface area contributed by atoms with E-state index >= 15 is 0 Å². The van der Waals surface area contributed by atoms with Gasteiger partial charge in [-0.15, -0.1) is 0 Å². The van der Waals surface area contributed by atoms with Crippen molar-refractivity contribution < 1.29 is 48.2 Å². The second kappa shape index (κ2) is 29.7. The van der Waals surface area contributed by atoms with Crippen LogP contribution in [0.1, 0.15) is 178 Å².